The number of nitrogens with zero attached hydrogens (tertiary/aromatic N) is 1. The normalized spacial score (nSPS) is 18.3. The molecule has 1 saturated carbocycles. The van der Waals surface area contributed by atoms with Crippen molar-refractivity contribution in [2.75, 3.05) is 10.6 Å². The molecule has 0 radical (unpaired) electrons. The van der Waals surface area contributed by atoms with Crippen molar-refractivity contribution < 1.29 is 9.59 Å². The minimum atomic E-state index is -0.346. The average Bonchev–Trinajstić information content (AvgIpc) is 3.36. The van der Waals surface area contributed by atoms with Crippen molar-refractivity contribution >= 4 is 23.2 Å². The molecule has 0 heterocycles. The van der Waals surface area contributed by atoms with E-state index < -0.39 is 0 Å². The number of carbonyl (C=O) groups is 2. The quantitative estimate of drug-likeness (QED) is 0.908. The predicted molar refractivity (Wildman–Crippen MR) is 91.2 cm³/mol. The lowest BCUT2D eigenvalue weighted by Crippen LogP contribution is -2.21. The molecule has 0 saturated heterocycles. The van der Waals surface area contributed by atoms with Gasteiger partial charge in [-0.05, 0) is 43.2 Å². The summed E-state index contributed by atoms with van der Waals surface area (Å²) in [7, 11) is 0. The van der Waals surface area contributed by atoms with Crippen LogP contribution in [0.2, 0.25) is 0 Å². The molecular formula is C19H17N3O2. The Morgan fingerprint density at radius 3 is 2.46 bits per heavy atom. The monoisotopic (exact) mass is 319 g/mol. The first-order valence-electron chi connectivity index (χ1n) is 7.76. The molecule has 24 heavy (non-hydrogen) atoms. The first-order chi connectivity index (χ1) is 11.6. The van der Waals surface area contributed by atoms with E-state index in [1.807, 2.05) is 37.3 Å². The highest BCUT2D eigenvalue weighted by atomic mass is 16.2. The number of para-hydroxylation sites is 1. The van der Waals surface area contributed by atoms with Gasteiger partial charge in [-0.1, -0.05) is 24.3 Å². The third-order valence-corrected chi connectivity index (χ3v) is 4.05. The number of rotatable bonds is 4. The summed E-state index contributed by atoms with van der Waals surface area (Å²) in [6, 6.07) is 16.4. The van der Waals surface area contributed by atoms with E-state index in [2.05, 4.69) is 10.6 Å². The summed E-state index contributed by atoms with van der Waals surface area (Å²) in [6.07, 6.45) is 0.526. The number of nitriles is 1. The van der Waals surface area contributed by atoms with Gasteiger partial charge >= 0.3 is 0 Å². The second-order valence-electron chi connectivity index (χ2n) is 5.95. The maximum absolute atomic E-state index is 12.3. The zero-order chi connectivity index (χ0) is 17.1. The Morgan fingerprint density at radius 1 is 1.04 bits per heavy atom. The molecule has 2 amide bonds. The van der Waals surface area contributed by atoms with Crippen LogP contribution >= 0.6 is 0 Å². The number of hydrogen-bond donors (Lipinski definition) is 2. The Morgan fingerprint density at radius 2 is 1.75 bits per heavy atom. The fourth-order valence-corrected chi connectivity index (χ4v) is 2.65. The smallest absolute Gasteiger partial charge is 0.228 e. The Kier molecular flexibility index (Phi) is 4.30. The molecule has 2 N–H and O–H groups in total. The molecule has 2 aromatic carbocycles. The summed E-state index contributed by atoms with van der Waals surface area (Å²) in [6.45, 7) is 1.95. The summed E-state index contributed by atoms with van der Waals surface area (Å²) in [5, 5.41) is 14.6. The Labute approximate surface area is 140 Å². The van der Waals surface area contributed by atoms with Crippen molar-refractivity contribution in [3.8, 4) is 6.07 Å². The highest BCUT2D eigenvalue weighted by Crippen LogP contribution is 2.40. The van der Waals surface area contributed by atoms with Gasteiger partial charge in [0, 0.05) is 5.69 Å². The number of hydrogen-bond acceptors (Lipinski definition) is 3. The van der Waals surface area contributed by atoms with Gasteiger partial charge in [-0.15, -0.1) is 0 Å². The summed E-state index contributed by atoms with van der Waals surface area (Å²) in [5.74, 6) is -1.03. The molecule has 1 fully saturated rings. The number of carbonyl (C=O) groups excluding carboxylic acids is 2. The van der Waals surface area contributed by atoms with Crippen molar-refractivity contribution in [1.29, 1.82) is 5.26 Å². The SMILES string of the molecule is Cc1cccc(NC(=O)C2CC2C(=O)Nc2ccccc2C#N)c1. The van der Waals surface area contributed by atoms with Crippen LogP contribution in [-0.4, -0.2) is 11.8 Å². The molecule has 0 aromatic heterocycles. The Balaban J connectivity index is 1.59. The fourth-order valence-electron chi connectivity index (χ4n) is 2.65. The van der Waals surface area contributed by atoms with Gasteiger partial charge in [-0.25, -0.2) is 0 Å². The zero-order valence-corrected chi connectivity index (χ0v) is 13.2. The Hall–Kier alpha value is -3.13. The molecule has 2 unspecified atom stereocenters. The van der Waals surface area contributed by atoms with E-state index >= 15 is 0 Å². The van der Waals surface area contributed by atoms with Crippen LogP contribution in [0.1, 0.15) is 17.5 Å². The van der Waals surface area contributed by atoms with Crippen LogP contribution in [0.5, 0.6) is 0 Å². The maximum atomic E-state index is 12.3. The maximum Gasteiger partial charge on any atom is 0.228 e. The minimum Gasteiger partial charge on any atom is -0.326 e. The largest absolute Gasteiger partial charge is 0.326 e. The highest BCUT2D eigenvalue weighted by molar-refractivity contribution is 6.03. The standard InChI is InChI=1S/C19H17N3O2/c1-12-5-4-7-14(9-12)21-18(23)15-10-16(15)19(24)22-17-8-3-2-6-13(17)11-20/h2-9,15-16H,10H2,1H3,(H,21,23)(H,22,24). The van der Waals surface area contributed by atoms with Crippen LogP contribution in [0.4, 0.5) is 11.4 Å². The molecular weight excluding hydrogens is 302 g/mol. The molecule has 3 rings (SSSR count). The first kappa shape index (κ1) is 15.8. The lowest BCUT2D eigenvalue weighted by atomic mass is 10.2. The molecule has 1 aliphatic rings. The van der Waals surface area contributed by atoms with Crippen molar-refractivity contribution in [1.82, 2.24) is 0 Å². The van der Waals surface area contributed by atoms with Crippen molar-refractivity contribution in [3.63, 3.8) is 0 Å². The van der Waals surface area contributed by atoms with Crippen LogP contribution in [0.25, 0.3) is 0 Å². The van der Waals surface area contributed by atoms with Gasteiger partial charge in [-0.2, -0.15) is 5.26 Å². The van der Waals surface area contributed by atoms with Gasteiger partial charge in [0.2, 0.25) is 11.8 Å². The van der Waals surface area contributed by atoms with Crippen molar-refractivity contribution in [2.45, 2.75) is 13.3 Å². The van der Waals surface area contributed by atoms with Crippen LogP contribution in [0.15, 0.2) is 48.5 Å². The summed E-state index contributed by atoms with van der Waals surface area (Å²) < 4.78 is 0. The van der Waals surface area contributed by atoms with Crippen LogP contribution in [0, 0.1) is 30.1 Å². The molecule has 2 aromatic rings. The topological polar surface area (TPSA) is 82.0 Å². The van der Waals surface area contributed by atoms with Crippen molar-refractivity contribution in [3.05, 3.63) is 59.7 Å². The molecule has 5 heteroatoms. The van der Waals surface area contributed by atoms with Crippen LogP contribution < -0.4 is 10.6 Å². The minimum absolute atomic E-state index is 0.144. The van der Waals surface area contributed by atoms with Gasteiger partial charge in [-0.3, -0.25) is 9.59 Å². The van der Waals surface area contributed by atoms with Crippen molar-refractivity contribution in [2.24, 2.45) is 11.8 Å². The molecule has 120 valence electrons. The third kappa shape index (κ3) is 3.44. The molecule has 0 bridgehead atoms. The molecule has 2 atom stereocenters. The second-order valence-corrected chi connectivity index (χ2v) is 5.95. The van der Waals surface area contributed by atoms with Gasteiger partial charge in [0.1, 0.15) is 6.07 Å². The van der Waals surface area contributed by atoms with Crippen LogP contribution in [0.3, 0.4) is 0 Å². The lowest BCUT2D eigenvalue weighted by molar-refractivity contribution is -0.122. The number of anilines is 2. The molecule has 0 aliphatic heterocycles. The predicted octanol–water partition coefficient (Wildman–Crippen LogP) is 3.08. The summed E-state index contributed by atoms with van der Waals surface area (Å²) in [5.41, 5.74) is 2.69. The van der Waals surface area contributed by atoms with Gasteiger partial charge in [0.15, 0.2) is 0 Å². The van der Waals surface area contributed by atoms with Gasteiger partial charge in [0.25, 0.3) is 0 Å². The van der Waals surface area contributed by atoms with E-state index in [0.717, 1.165) is 11.3 Å². The molecule has 5 nitrogen and oxygen atoms in total. The van der Waals surface area contributed by atoms with Gasteiger partial charge in [0.05, 0.1) is 23.1 Å². The first-order valence-corrected chi connectivity index (χ1v) is 7.76. The average molecular weight is 319 g/mol. The van der Waals surface area contributed by atoms with Gasteiger partial charge < -0.3 is 10.6 Å². The Bertz CT molecular complexity index is 839. The van der Waals surface area contributed by atoms with E-state index in [4.69, 9.17) is 5.26 Å². The van der Waals surface area contributed by atoms with E-state index in [1.165, 1.54) is 0 Å². The van der Waals surface area contributed by atoms with E-state index in [1.54, 1.807) is 24.3 Å². The summed E-state index contributed by atoms with van der Waals surface area (Å²) >= 11 is 0. The number of benzene rings is 2. The number of amides is 2. The lowest BCUT2D eigenvalue weighted by Gasteiger charge is -2.07. The molecule has 0 spiro atoms. The fraction of sp³-hybridized carbons (Fsp3) is 0.211. The van der Waals surface area contributed by atoms with E-state index in [-0.39, 0.29) is 23.7 Å². The highest BCUT2D eigenvalue weighted by Gasteiger charge is 2.48. The van der Waals surface area contributed by atoms with E-state index in [0.29, 0.717) is 17.7 Å². The third-order valence-electron chi connectivity index (χ3n) is 4.05. The zero-order valence-electron chi connectivity index (χ0n) is 13.2. The summed E-state index contributed by atoms with van der Waals surface area (Å²) in [4.78, 5) is 24.5. The number of nitrogens with one attached hydrogen (secondary N) is 2. The van der Waals surface area contributed by atoms with Crippen LogP contribution in [-0.2, 0) is 9.59 Å². The number of aryl methyl sites for hydroxylation is 1. The second kappa shape index (κ2) is 6.55. The molecule has 1 aliphatic carbocycles. The van der Waals surface area contributed by atoms with E-state index in [9.17, 15) is 9.59 Å².